The number of hydrogen-bond acceptors (Lipinski definition) is 8. The summed E-state index contributed by atoms with van der Waals surface area (Å²) in [6, 6.07) is 9.35. The molecule has 10 heteroatoms. The van der Waals surface area contributed by atoms with E-state index in [2.05, 4.69) is 35.8 Å². The first-order valence-corrected chi connectivity index (χ1v) is 5.87. The number of aromatic carboxylic acids is 1. The Bertz CT molecular complexity index is 752. The molecule has 3 rings (SSSR count). The molecule has 0 saturated heterocycles. The molecule has 0 aliphatic rings. The summed E-state index contributed by atoms with van der Waals surface area (Å²) in [5.41, 5.74) is 0.533. The molecule has 0 radical (unpaired) electrons. The first-order valence-electron chi connectivity index (χ1n) is 5.87. The Balaban J connectivity index is 1.79. The summed E-state index contributed by atoms with van der Waals surface area (Å²) in [5.74, 6) is -0.688. The van der Waals surface area contributed by atoms with Crippen molar-refractivity contribution in [1.29, 1.82) is 0 Å². The highest BCUT2D eigenvalue weighted by Gasteiger charge is 2.17. The summed E-state index contributed by atoms with van der Waals surface area (Å²) in [5, 5.41) is 29.8. The van der Waals surface area contributed by atoms with E-state index in [4.69, 9.17) is 5.11 Å². The van der Waals surface area contributed by atoms with E-state index in [-0.39, 0.29) is 18.2 Å². The number of benzene rings is 1. The number of anilines is 1. The molecule has 0 amide bonds. The lowest BCUT2D eigenvalue weighted by Gasteiger charge is -2.05. The smallest absolute Gasteiger partial charge is 0.362 e. The van der Waals surface area contributed by atoms with Gasteiger partial charge in [0, 0.05) is 5.56 Å². The maximum absolute atomic E-state index is 10.9. The van der Waals surface area contributed by atoms with Crippen LogP contribution >= 0.6 is 0 Å². The van der Waals surface area contributed by atoms with Gasteiger partial charge in [-0.15, -0.1) is 5.10 Å². The van der Waals surface area contributed by atoms with Gasteiger partial charge in [0.15, 0.2) is 5.82 Å². The van der Waals surface area contributed by atoms with Crippen molar-refractivity contribution in [2.45, 2.75) is 6.67 Å². The Morgan fingerprint density at radius 1 is 1.29 bits per heavy atom. The van der Waals surface area contributed by atoms with E-state index in [9.17, 15) is 4.79 Å². The van der Waals surface area contributed by atoms with Crippen molar-refractivity contribution >= 4 is 11.8 Å². The van der Waals surface area contributed by atoms with Crippen LogP contribution in [-0.2, 0) is 6.67 Å². The van der Waals surface area contributed by atoms with Crippen LogP contribution in [0.4, 0.5) is 5.82 Å². The SMILES string of the molecule is O=C(O)c1nonc1NCn1nnnc1-c1ccccc1. The van der Waals surface area contributed by atoms with Gasteiger partial charge in [-0.2, -0.15) is 0 Å². The zero-order valence-electron chi connectivity index (χ0n) is 10.5. The molecule has 0 spiro atoms. The van der Waals surface area contributed by atoms with Crippen molar-refractivity contribution in [3.05, 3.63) is 36.0 Å². The highest BCUT2D eigenvalue weighted by atomic mass is 16.6. The normalized spacial score (nSPS) is 10.5. The largest absolute Gasteiger partial charge is 0.476 e. The fraction of sp³-hybridized carbons (Fsp3) is 0.0909. The van der Waals surface area contributed by atoms with Crippen LogP contribution < -0.4 is 5.32 Å². The van der Waals surface area contributed by atoms with Crippen molar-refractivity contribution in [2.24, 2.45) is 0 Å². The second kappa shape index (κ2) is 5.36. The number of hydrogen-bond donors (Lipinski definition) is 2. The van der Waals surface area contributed by atoms with E-state index in [0.717, 1.165) is 5.56 Å². The summed E-state index contributed by atoms with van der Waals surface area (Å²) in [7, 11) is 0. The predicted octanol–water partition coefficient (Wildman–Crippen LogP) is 0.491. The molecule has 0 aliphatic heterocycles. The van der Waals surface area contributed by atoms with Gasteiger partial charge in [0.05, 0.1) is 0 Å². The molecule has 21 heavy (non-hydrogen) atoms. The monoisotopic (exact) mass is 287 g/mol. The van der Waals surface area contributed by atoms with E-state index in [1.807, 2.05) is 30.3 Å². The number of nitrogens with zero attached hydrogens (tertiary/aromatic N) is 6. The molecule has 10 nitrogen and oxygen atoms in total. The molecular weight excluding hydrogens is 278 g/mol. The third-order valence-corrected chi connectivity index (χ3v) is 2.65. The molecule has 0 aliphatic carbocycles. The average molecular weight is 287 g/mol. The minimum absolute atomic E-state index is 0.0111. The number of carboxylic acid groups (broad SMARTS) is 1. The molecule has 0 unspecified atom stereocenters. The fourth-order valence-electron chi connectivity index (χ4n) is 1.70. The standard InChI is InChI=1S/C11H9N7O3/c19-11(20)8-9(15-21-14-8)12-6-18-10(13-16-17-18)7-4-2-1-3-5-7/h1-5H,6H2,(H,12,15)(H,19,20). The first kappa shape index (κ1) is 12.7. The highest BCUT2D eigenvalue weighted by Crippen LogP contribution is 2.15. The Kier molecular flexibility index (Phi) is 3.25. The van der Waals surface area contributed by atoms with E-state index >= 15 is 0 Å². The molecule has 0 bridgehead atoms. The Labute approximate surface area is 117 Å². The van der Waals surface area contributed by atoms with E-state index < -0.39 is 5.97 Å². The van der Waals surface area contributed by atoms with E-state index in [0.29, 0.717) is 5.82 Å². The molecule has 2 aromatic heterocycles. The van der Waals surface area contributed by atoms with Crippen molar-refractivity contribution in [2.75, 3.05) is 5.32 Å². The van der Waals surface area contributed by atoms with Crippen LogP contribution in [0.25, 0.3) is 11.4 Å². The fourth-order valence-corrected chi connectivity index (χ4v) is 1.70. The van der Waals surface area contributed by atoms with Crippen LogP contribution in [0.1, 0.15) is 10.5 Å². The number of aromatic nitrogens is 6. The topological polar surface area (TPSA) is 132 Å². The first-order chi connectivity index (χ1) is 10.3. The van der Waals surface area contributed by atoms with Crippen LogP contribution in [0.2, 0.25) is 0 Å². The maximum Gasteiger partial charge on any atom is 0.362 e. The maximum atomic E-state index is 10.9. The van der Waals surface area contributed by atoms with Gasteiger partial charge in [-0.3, -0.25) is 0 Å². The second-order valence-electron chi connectivity index (χ2n) is 3.97. The molecule has 0 atom stereocenters. The van der Waals surface area contributed by atoms with Crippen LogP contribution in [0.3, 0.4) is 0 Å². The van der Waals surface area contributed by atoms with Crippen molar-refractivity contribution in [1.82, 2.24) is 30.5 Å². The lowest BCUT2D eigenvalue weighted by atomic mass is 10.2. The van der Waals surface area contributed by atoms with Crippen LogP contribution in [0.5, 0.6) is 0 Å². The lowest BCUT2D eigenvalue weighted by Crippen LogP contribution is -2.13. The zero-order chi connectivity index (χ0) is 14.7. The molecule has 2 heterocycles. The molecular formula is C11H9N7O3. The number of tetrazole rings is 1. The van der Waals surface area contributed by atoms with Gasteiger partial charge in [0.25, 0.3) is 0 Å². The molecule has 106 valence electrons. The Morgan fingerprint density at radius 3 is 2.86 bits per heavy atom. The summed E-state index contributed by atoms with van der Waals surface area (Å²) < 4.78 is 5.86. The van der Waals surface area contributed by atoms with Crippen LogP contribution in [-0.4, -0.2) is 41.6 Å². The third kappa shape index (κ3) is 2.54. The van der Waals surface area contributed by atoms with Gasteiger partial charge < -0.3 is 10.4 Å². The summed E-state index contributed by atoms with van der Waals surface area (Å²) in [4.78, 5) is 10.9. The van der Waals surface area contributed by atoms with E-state index in [1.165, 1.54) is 4.68 Å². The molecule has 0 saturated carbocycles. The van der Waals surface area contributed by atoms with Crippen LogP contribution in [0.15, 0.2) is 35.0 Å². The van der Waals surface area contributed by atoms with Gasteiger partial charge in [-0.05, 0) is 20.7 Å². The molecule has 2 N–H and O–H groups in total. The number of carboxylic acids is 1. The zero-order valence-corrected chi connectivity index (χ0v) is 10.5. The summed E-state index contributed by atoms with van der Waals surface area (Å²) in [6.45, 7) is 0.117. The molecule has 3 aromatic rings. The minimum Gasteiger partial charge on any atom is -0.476 e. The van der Waals surface area contributed by atoms with Gasteiger partial charge >= 0.3 is 5.97 Å². The summed E-state index contributed by atoms with van der Waals surface area (Å²) in [6.07, 6.45) is 0. The Morgan fingerprint density at radius 2 is 2.10 bits per heavy atom. The van der Waals surface area contributed by atoms with Gasteiger partial charge in [-0.1, -0.05) is 30.3 Å². The second-order valence-corrected chi connectivity index (χ2v) is 3.97. The number of nitrogens with one attached hydrogen (secondary N) is 1. The predicted molar refractivity (Wildman–Crippen MR) is 68.1 cm³/mol. The van der Waals surface area contributed by atoms with Crippen LogP contribution in [0, 0.1) is 0 Å². The van der Waals surface area contributed by atoms with E-state index in [1.54, 1.807) is 0 Å². The van der Waals surface area contributed by atoms with Crippen molar-refractivity contribution < 1.29 is 14.5 Å². The number of carbonyl (C=O) groups is 1. The minimum atomic E-state index is -1.24. The number of rotatable bonds is 5. The Hall–Kier alpha value is -3.30. The van der Waals surface area contributed by atoms with Gasteiger partial charge in [-0.25, -0.2) is 14.1 Å². The summed E-state index contributed by atoms with van der Waals surface area (Å²) >= 11 is 0. The lowest BCUT2D eigenvalue weighted by molar-refractivity contribution is 0.0685. The average Bonchev–Trinajstić information content (AvgIpc) is 3.15. The van der Waals surface area contributed by atoms with Gasteiger partial charge in [0.2, 0.25) is 11.5 Å². The van der Waals surface area contributed by atoms with Crippen molar-refractivity contribution in [3.63, 3.8) is 0 Å². The third-order valence-electron chi connectivity index (χ3n) is 2.65. The van der Waals surface area contributed by atoms with Gasteiger partial charge in [0.1, 0.15) is 6.67 Å². The quantitative estimate of drug-likeness (QED) is 0.687. The highest BCUT2D eigenvalue weighted by molar-refractivity contribution is 5.90. The van der Waals surface area contributed by atoms with Crippen molar-refractivity contribution in [3.8, 4) is 11.4 Å². The molecule has 1 aromatic carbocycles. The molecule has 0 fully saturated rings.